The van der Waals surface area contributed by atoms with E-state index in [0.29, 0.717) is 5.56 Å². The van der Waals surface area contributed by atoms with Crippen molar-refractivity contribution in [2.24, 2.45) is 17.1 Å². The second-order valence-electron chi connectivity index (χ2n) is 12.2. The van der Waals surface area contributed by atoms with Gasteiger partial charge in [0.15, 0.2) is 0 Å². The number of β-amino-alcohol motifs (C(OH)–C–C–N with tert-alkyl or cyclic N) is 1. The molecule has 0 radical (unpaired) electrons. The number of aliphatic hydroxyl groups is 1. The number of aryl methyl sites for hydroxylation is 1. The first-order valence-corrected chi connectivity index (χ1v) is 14.4. The molecule has 1 aliphatic rings. The minimum absolute atomic E-state index is 0.00553. The van der Waals surface area contributed by atoms with E-state index >= 15 is 0 Å². The van der Waals surface area contributed by atoms with Crippen LogP contribution in [-0.2, 0) is 14.4 Å². The Bertz CT molecular complexity index is 1210. The van der Waals surface area contributed by atoms with Crippen molar-refractivity contribution in [1.82, 2.24) is 20.5 Å². The van der Waals surface area contributed by atoms with Gasteiger partial charge >= 0.3 is 0 Å². The van der Waals surface area contributed by atoms with Crippen LogP contribution in [0.5, 0.6) is 0 Å². The van der Waals surface area contributed by atoms with Crippen molar-refractivity contribution in [3.8, 4) is 10.4 Å². The fraction of sp³-hybridized carbons (Fsp3) is 0.586. The van der Waals surface area contributed by atoms with E-state index in [0.717, 1.165) is 16.1 Å². The van der Waals surface area contributed by atoms with Crippen LogP contribution in [0.3, 0.4) is 0 Å². The normalized spacial score (nSPS) is 20.6. The van der Waals surface area contributed by atoms with E-state index in [-0.39, 0.29) is 18.9 Å². The fourth-order valence-electron chi connectivity index (χ4n) is 4.59. The number of nitrogens with two attached hydrogens (primary N) is 1. The van der Waals surface area contributed by atoms with Crippen molar-refractivity contribution >= 4 is 29.1 Å². The molecule has 1 fully saturated rings. The number of alkyl halides is 1. The number of rotatable bonds is 9. The molecule has 3 amide bonds. The van der Waals surface area contributed by atoms with Crippen LogP contribution in [0.2, 0.25) is 0 Å². The zero-order valence-corrected chi connectivity index (χ0v) is 25.1. The number of hydrogen-bond donors (Lipinski definition) is 4. The Kier molecular flexibility index (Phi) is 9.74. The number of aromatic nitrogens is 1. The number of carbonyl (C=O) groups excluding carboxylic acids is 3. The number of aliphatic hydroxyl groups excluding tert-OH is 1. The molecule has 5 N–H and O–H groups in total. The summed E-state index contributed by atoms with van der Waals surface area (Å²) in [4.78, 5) is 46.8. The Morgan fingerprint density at radius 3 is 2.30 bits per heavy atom. The molecule has 2 heterocycles. The molecule has 1 saturated heterocycles. The van der Waals surface area contributed by atoms with Crippen LogP contribution in [0.15, 0.2) is 29.8 Å². The minimum atomic E-state index is -1.21. The van der Waals surface area contributed by atoms with Crippen molar-refractivity contribution < 1.29 is 23.9 Å². The maximum atomic E-state index is 14.2. The van der Waals surface area contributed by atoms with Gasteiger partial charge in [0.1, 0.15) is 18.8 Å². The molecule has 5 unspecified atom stereocenters. The molecule has 1 aromatic carbocycles. The first kappa shape index (κ1) is 31.6. The van der Waals surface area contributed by atoms with Gasteiger partial charge in [0, 0.05) is 13.0 Å². The molecule has 0 spiro atoms. The number of carbonyl (C=O) groups is 3. The number of nitrogens with one attached hydrogen (secondary N) is 2. The highest BCUT2D eigenvalue weighted by molar-refractivity contribution is 7.13. The summed E-state index contributed by atoms with van der Waals surface area (Å²) < 4.78 is 14.2. The van der Waals surface area contributed by atoms with E-state index in [2.05, 4.69) is 15.6 Å². The fourth-order valence-corrected chi connectivity index (χ4v) is 5.41. The number of amides is 3. The molecule has 1 aromatic heterocycles. The lowest BCUT2D eigenvalue weighted by molar-refractivity contribution is -0.145. The predicted octanol–water partition coefficient (Wildman–Crippen LogP) is 3.11. The lowest BCUT2D eigenvalue weighted by Crippen LogP contribution is -2.63. The summed E-state index contributed by atoms with van der Waals surface area (Å²) in [7, 11) is 0. The monoisotopic (exact) mass is 575 g/mol. The number of thiazole rings is 1. The Morgan fingerprint density at radius 1 is 1.18 bits per heavy atom. The highest BCUT2D eigenvalue weighted by Gasteiger charge is 2.46. The smallest absolute Gasteiger partial charge is 0.246 e. The molecule has 220 valence electrons. The molecule has 1 aliphatic heterocycles. The number of halogens is 1. The van der Waals surface area contributed by atoms with Crippen molar-refractivity contribution in [2.45, 2.75) is 84.7 Å². The molecule has 9 nitrogen and oxygen atoms in total. The maximum Gasteiger partial charge on any atom is 0.246 e. The summed E-state index contributed by atoms with van der Waals surface area (Å²) in [6.07, 6.45) is -0.928. The molecule has 0 bridgehead atoms. The predicted molar refractivity (Wildman–Crippen MR) is 154 cm³/mol. The highest BCUT2D eigenvalue weighted by atomic mass is 32.1. The number of likely N-dealkylation sites (tertiary alicyclic amines) is 1. The summed E-state index contributed by atoms with van der Waals surface area (Å²) in [5, 5.41) is 15.9. The number of hydrogen-bond acceptors (Lipinski definition) is 7. The van der Waals surface area contributed by atoms with Gasteiger partial charge in [-0.15, -0.1) is 11.3 Å². The van der Waals surface area contributed by atoms with Gasteiger partial charge in [0.2, 0.25) is 17.7 Å². The average molecular weight is 576 g/mol. The summed E-state index contributed by atoms with van der Waals surface area (Å²) >= 11 is 1.51. The van der Waals surface area contributed by atoms with Crippen LogP contribution in [0, 0.1) is 18.3 Å². The second kappa shape index (κ2) is 12.3. The van der Waals surface area contributed by atoms with Crippen LogP contribution >= 0.6 is 11.3 Å². The summed E-state index contributed by atoms with van der Waals surface area (Å²) in [5.74, 6) is -1.74. The lowest BCUT2D eigenvalue weighted by Gasteiger charge is -2.38. The standard InChI is InChI=1S/C29H42FN5O4S/c1-16(2)29(7,31)27(39)34-24(28(4,5)6)26(38)35-14-20(36)12-22(35)25(37)33-21(13-30)18-8-10-19(11-9-18)23-17(3)32-15-40-23/h8-11,15-16,20-22,24,36H,12-14,31H2,1-7H3,(H,33,37)(H,34,39). The van der Waals surface area contributed by atoms with E-state index in [9.17, 15) is 23.9 Å². The molecule has 40 heavy (non-hydrogen) atoms. The van der Waals surface area contributed by atoms with Gasteiger partial charge in [-0.05, 0) is 36.3 Å². The molecule has 3 rings (SSSR count). The van der Waals surface area contributed by atoms with Crippen LogP contribution in [0.25, 0.3) is 10.4 Å². The van der Waals surface area contributed by atoms with Crippen molar-refractivity contribution in [3.05, 3.63) is 41.0 Å². The first-order chi connectivity index (χ1) is 18.6. The second-order valence-corrected chi connectivity index (χ2v) is 13.1. The Balaban J connectivity index is 1.79. The molecule has 0 aliphatic carbocycles. The maximum absolute atomic E-state index is 14.2. The van der Waals surface area contributed by atoms with Gasteiger partial charge < -0.3 is 26.4 Å². The highest BCUT2D eigenvalue weighted by Crippen LogP contribution is 2.30. The molecule has 5 atom stereocenters. The topological polar surface area (TPSA) is 138 Å². The van der Waals surface area contributed by atoms with Crippen LogP contribution in [0.4, 0.5) is 4.39 Å². The van der Waals surface area contributed by atoms with Gasteiger partial charge in [-0.2, -0.15) is 0 Å². The van der Waals surface area contributed by atoms with Gasteiger partial charge in [-0.25, -0.2) is 9.37 Å². The average Bonchev–Trinajstić information content (AvgIpc) is 3.49. The third kappa shape index (κ3) is 6.87. The largest absolute Gasteiger partial charge is 0.391 e. The van der Waals surface area contributed by atoms with E-state index in [1.807, 2.05) is 32.9 Å². The third-order valence-electron chi connectivity index (χ3n) is 7.73. The lowest BCUT2D eigenvalue weighted by atomic mass is 9.83. The van der Waals surface area contributed by atoms with E-state index in [1.165, 1.54) is 16.2 Å². The summed E-state index contributed by atoms with van der Waals surface area (Å²) in [5.41, 5.74) is 8.50. The zero-order valence-electron chi connectivity index (χ0n) is 24.3. The van der Waals surface area contributed by atoms with Crippen LogP contribution < -0.4 is 16.4 Å². The van der Waals surface area contributed by atoms with Crippen molar-refractivity contribution in [3.63, 3.8) is 0 Å². The Hall–Kier alpha value is -2.89. The van der Waals surface area contributed by atoms with Crippen LogP contribution in [-0.4, -0.2) is 69.7 Å². The molecular weight excluding hydrogens is 533 g/mol. The van der Waals surface area contributed by atoms with Crippen LogP contribution in [0.1, 0.15) is 65.3 Å². The zero-order chi connectivity index (χ0) is 30.0. The van der Waals surface area contributed by atoms with E-state index in [1.54, 1.807) is 45.3 Å². The molecular formula is C29H42FN5O4S. The summed E-state index contributed by atoms with van der Waals surface area (Å²) in [6.45, 7) is 11.6. The Morgan fingerprint density at radius 2 is 1.80 bits per heavy atom. The quantitative estimate of drug-likeness (QED) is 0.363. The van der Waals surface area contributed by atoms with E-state index < -0.39 is 59.6 Å². The van der Waals surface area contributed by atoms with E-state index in [4.69, 9.17) is 5.73 Å². The molecule has 0 saturated carbocycles. The van der Waals surface area contributed by atoms with Gasteiger partial charge in [-0.3, -0.25) is 14.4 Å². The van der Waals surface area contributed by atoms with Gasteiger partial charge in [-0.1, -0.05) is 58.9 Å². The molecule has 2 aromatic rings. The van der Waals surface area contributed by atoms with Crippen molar-refractivity contribution in [1.29, 1.82) is 0 Å². The third-order valence-corrected chi connectivity index (χ3v) is 8.71. The Labute approximate surface area is 239 Å². The minimum Gasteiger partial charge on any atom is -0.391 e. The van der Waals surface area contributed by atoms with Crippen molar-refractivity contribution in [2.75, 3.05) is 13.2 Å². The summed E-state index contributed by atoms with van der Waals surface area (Å²) in [6, 6.07) is 4.29. The van der Waals surface area contributed by atoms with Gasteiger partial charge in [0.25, 0.3) is 0 Å². The first-order valence-electron chi connectivity index (χ1n) is 13.5. The number of benzene rings is 1. The van der Waals surface area contributed by atoms with Gasteiger partial charge in [0.05, 0.1) is 33.8 Å². The SMILES string of the molecule is Cc1ncsc1-c1ccc(C(CF)NC(=O)C2CC(O)CN2C(=O)C(NC(=O)C(C)(N)C(C)C)C(C)(C)C)cc1. The number of nitrogens with zero attached hydrogens (tertiary/aromatic N) is 2. The molecule has 11 heteroatoms.